The summed E-state index contributed by atoms with van der Waals surface area (Å²) >= 11 is 0. The first-order valence-corrected chi connectivity index (χ1v) is 10.0. The van der Waals surface area contributed by atoms with Crippen LogP contribution in [0.4, 0.5) is 26.3 Å². The molecule has 7 heteroatoms. The average Bonchev–Trinajstić information content (AvgIpc) is 2.73. The van der Waals surface area contributed by atoms with Crippen molar-refractivity contribution in [2.75, 3.05) is 6.61 Å². The number of rotatable bonds is 4. The van der Waals surface area contributed by atoms with Crippen LogP contribution in [0, 0.1) is 17.6 Å². The molecule has 1 atom stereocenters. The van der Waals surface area contributed by atoms with E-state index in [9.17, 15) is 13.2 Å². The Morgan fingerprint density at radius 1 is 0.968 bits per heavy atom. The van der Waals surface area contributed by atoms with Crippen LogP contribution in [0.15, 0.2) is 43.0 Å². The Kier molecular flexibility index (Phi) is 5.18. The standard InChI is InChI=1S/C24H20F6O/c1-3-13-5-7-14(8-6-13)15-9-10-16-17-11-12-18(31-4-2)22(26)20(17)24(29,30)23(27,28)19(16)21(15)25/h3,7,9-13H,1,4-6,8H2,2H3. The fourth-order valence-corrected chi connectivity index (χ4v) is 4.34. The average molecular weight is 438 g/mol. The molecule has 0 fully saturated rings. The molecule has 2 aromatic rings. The van der Waals surface area contributed by atoms with E-state index in [2.05, 4.69) is 6.58 Å². The molecule has 0 radical (unpaired) electrons. The minimum Gasteiger partial charge on any atom is -0.491 e. The van der Waals surface area contributed by atoms with E-state index >= 15 is 13.2 Å². The number of halogens is 6. The van der Waals surface area contributed by atoms with E-state index in [0.29, 0.717) is 24.8 Å². The molecule has 0 aromatic heterocycles. The molecule has 164 valence electrons. The van der Waals surface area contributed by atoms with Crippen LogP contribution < -0.4 is 4.74 Å². The zero-order valence-electron chi connectivity index (χ0n) is 16.8. The molecule has 1 unspecified atom stereocenters. The highest BCUT2D eigenvalue weighted by molar-refractivity contribution is 5.80. The van der Waals surface area contributed by atoms with Crippen LogP contribution in [0.5, 0.6) is 5.75 Å². The van der Waals surface area contributed by atoms with E-state index in [1.54, 1.807) is 12.2 Å². The fraction of sp³-hybridized carbons (Fsp3) is 0.333. The van der Waals surface area contributed by atoms with Gasteiger partial charge in [0.2, 0.25) is 0 Å². The Labute approximate surface area is 176 Å². The molecular weight excluding hydrogens is 418 g/mol. The molecule has 0 spiro atoms. The van der Waals surface area contributed by atoms with Crippen molar-refractivity contribution in [2.24, 2.45) is 5.92 Å². The predicted octanol–water partition coefficient (Wildman–Crippen LogP) is 7.60. The van der Waals surface area contributed by atoms with Gasteiger partial charge in [-0.3, -0.25) is 0 Å². The lowest BCUT2D eigenvalue weighted by molar-refractivity contribution is -0.227. The SMILES string of the molecule is C=CC1CC=C(c2ccc3c(c2F)C(F)(F)C(F)(F)c2c-3ccc(OCC)c2F)CC1. The second-order valence-corrected chi connectivity index (χ2v) is 7.73. The van der Waals surface area contributed by atoms with E-state index in [-0.39, 0.29) is 18.1 Å². The molecule has 4 rings (SSSR count). The third kappa shape index (κ3) is 3.08. The third-order valence-corrected chi connectivity index (χ3v) is 5.99. The van der Waals surface area contributed by atoms with Gasteiger partial charge in [0.05, 0.1) is 17.7 Å². The van der Waals surface area contributed by atoms with E-state index in [0.717, 1.165) is 18.2 Å². The number of alkyl halides is 4. The largest absolute Gasteiger partial charge is 0.491 e. The third-order valence-electron chi connectivity index (χ3n) is 5.99. The summed E-state index contributed by atoms with van der Waals surface area (Å²) in [7, 11) is 0. The molecule has 2 aromatic carbocycles. The predicted molar refractivity (Wildman–Crippen MR) is 106 cm³/mol. The van der Waals surface area contributed by atoms with Crippen LogP contribution in [-0.4, -0.2) is 6.61 Å². The number of hydrogen-bond donors (Lipinski definition) is 0. The number of benzene rings is 2. The molecule has 0 amide bonds. The van der Waals surface area contributed by atoms with E-state index in [4.69, 9.17) is 4.74 Å². The van der Waals surface area contributed by atoms with Gasteiger partial charge in [0.1, 0.15) is 5.82 Å². The van der Waals surface area contributed by atoms with Gasteiger partial charge in [-0.1, -0.05) is 24.3 Å². The Bertz CT molecular complexity index is 1090. The normalized spacial score (nSPS) is 21.0. The van der Waals surface area contributed by atoms with Crippen LogP contribution >= 0.6 is 0 Å². The molecule has 2 aliphatic rings. The number of ether oxygens (including phenoxy) is 1. The molecule has 0 saturated heterocycles. The lowest BCUT2D eigenvalue weighted by Crippen LogP contribution is -2.41. The van der Waals surface area contributed by atoms with Gasteiger partial charge in [0, 0.05) is 5.56 Å². The van der Waals surface area contributed by atoms with Crippen molar-refractivity contribution < 1.29 is 31.1 Å². The Morgan fingerprint density at radius 2 is 1.55 bits per heavy atom. The van der Waals surface area contributed by atoms with Gasteiger partial charge in [-0.05, 0) is 60.9 Å². The first-order chi connectivity index (χ1) is 14.6. The van der Waals surface area contributed by atoms with E-state index in [1.165, 1.54) is 13.0 Å². The second kappa shape index (κ2) is 7.46. The highest BCUT2D eigenvalue weighted by Crippen LogP contribution is 2.60. The molecule has 31 heavy (non-hydrogen) atoms. The zero-order valence-corrected chi connectivity index (χ0v) is 16.8. The summed E-state index contributed by atoms with van der Waals surface area (Å²) in [6.45, 7) is 5.19. The van der Waals surface area contributed by atoms with Crippen molar-refractivity contribution in [3.05, 3.63) is 71.3 Å². The molecule has 0 saturated carbocycles. The molecule has 0 aliphatic heterocycles. The van der Waals surface area contributed by atoms with Crippen molar-refractivity contribution in [1.29, 1.82) is 0 Å². The van der Waals surface area contributed by atoms with Crippen molar-refractivity contribution in [3.8, 4) is 16.9 Å². The minimum atomic E-state index is -4.96. The van der Waals surface area contributed by atoms with E-state index in [1.807, 2.05) is 0 Å². The molecule has 0 N–H and O–H groups in total. The first-order valence-electron chi connectivity index (χ1n) is 10.0. The van der Waals surface area contributed by atoms with Crippen LogP contribution in [0.25, 0.3) is 16.7 Å². The summed E-state index contributed by atoms with van der Waals surface area (Å²) in [5.74, 6) is -13.2. The van der Waals surface area contributed by atoms with Gasteiger partial charge < -0.3 is 4.74 Å². The van der Waals surface area contributed by atoms with Crippen molar-refractivity contribution in [2.45, 2.75) is 38.0 Å². The van der Waals surface area contributed by atoms with Crippen LogP contribution in [0.3, 0.4) is 0 Å². The van der Waals surface area contributed by atoms with Gasteiger partial charge >= 0.3 is 11.8 Å². The summed E-state index contributed by atoms with van der Waals surface area (Å²) in [5.41, 5.74) is -3.45. The number of allylic oxidation sites excluding steroid dienone is 3. The van der Waals surface area contributed by atoms with Crippen molar-refractivity contribution in [1.82, 2.24) is 0 Å². The summed E-state index contributed by atoms with van der Waals surface area (Å²) < 4.78 is 95.1. The number of fused-ring (bicyclic) bond motifs is 3. The molecule has 0 bridgehead atoms. The lowest BCUT2D eigenvalue weighted by Gasteiger charge is -2.36. The second-order valence-electron chi connectivity index (χ2n) is 7.73. The fourth-order valence-electron chi connectivity index (χ4n) is 4.34. The van der Waals surface area contributed by atoms with Gasteiger partial charge in [0.15, 0.2) is 11.6 Å². The van der Waals surface area contributed by atoms with E-state index < -0.39 is 51.5 Å². The van der Waals surface area contributed by atoms with Gasteiger partial charge in [-0.25, -0.2) is 8.78 Å². The Balaban J connectivity index is 1.94. The zero-order chi connectivity index (χ0) is 22.6. The van der Waals surface area contributed by atoms with Crippen molar-refractivity contribution in [3.63, 3.8) is 0 Å². The highest BCUT2D eigenvalue weighted by atomic mass is 19.3. The monoisotopic (exact) mass is 438 g/mol. The maximum atomic E-state index is 15.4. The molecular formula is C24H20F6O. The summed E-state index contributed by atoms with van der Waals surface area (Å²) in [4.78, 5) is 0. The highest BCUT2D eigenvalue weighted by Gasteiger charge is 2.65. The Hall–Kier alpha value is -2.70. The molecule has 0 heterocycles. The number of hydrogen-bond acceptors (Lipinski definition) is 1. The molecule has 2 aliphatic carbocycles. The summed E-state index contributed by atoms with van der Waals surface area (Å²) in [6, 6.07) is 4.62. The molecule has 1 nitrogen and oxygen atoms in total. The topological polar surface area (TPSA) is 9.23 Å². The lowest BCUT2D eigenvalue weighted by atomic mass is 9.77. The maximum Gasteiger partial charge on any atom is 0.343 e. The quantitative estimate of drug-likeness (QED) is 0.353. The smallest absolute Gasteiger partial charge is 0.343 e. The van der Waals surface area contributed by atoms with Gasteiger partial charge in [0.25, 0.3) is 0 Å². The van der Waals surface area contributed by atoms with Crippen molar-refractivity contribution >= 4 is 5.57 Å². The first kappa shape index (κ1) is 21.5. The van der Waals surface area contributed by atoms with Gasteiger partial charge in [-0.15, -0.1) is 6.58 Å². The van der Waals surface area contributed by atoms with Crippen LogP contribution in [0.2, 0.25) is 0 Å². The summed E-state index contributed by atoms with van der Waals surface area (Å²) in [6.07, 6.45) is 5.13. The summed E-state index contributed by atoms with van der Waals surface area (Å²) in [5, 5.41) is 0. The Morgan fingerprint density at radius 3 is 2.10 bits per heavy atom. The minimum absolute atomic E-state index is 0.0337. The van der Waals surface area contributed by atoms with Crippen LogP contribution in [0.1, 0.15) is 42.9 Å². The maximum absolute atomic E-state index is 15.4. The van der Waals surface area contributed by atoms with Crippen LogP contribution in [-0.2, 0) is 11.8 Å². The van der Waals surface area contributed by atoms with Gasteiger partial charge in [-0.2, -0.15) is 17.6 Å².